The van der Waals surface area contributed by atoms with Gasteiger partial charge in [-0.15, -0.1) is 0 Å². The minimum absolute atomic E-state index is 0.0964. The molecule has 16 heavy (non-hydrogen) atoms. The van der Waals surface area contributed by atoms with E-state index in [4.69, 9.17) is 4.74 Å². The number of rotatable bonds is 4. The first-order valence-electron chi connectivity index (χ1n) is 5.25. The molecule has 1 rings (SSSR count). The van der Waals surface area contributed by atoms with Crippen LogP contribution < -0.4 is 10.1 Å². The van der Waals surface area contributed by atoms with Crippen molar-refractivity contribution in [2.75, 3.05) is 7.11 Å². The Bertz CT molecular complexity index is 383. The van der Waals surface area contributed by atoms with E-state index in [0.29, 0.717) is 0 Å². The van der Waals surface area contributed by atoms with Gasteiger partial charge in [0.25, 0.3) is 0 Å². The molecule has 0 heterocycles. The van der Waals surface area contributed by atoms with E-state index >= 15 is 0 Å². The third kappa shape index (κ3) is 3.77. The Balaban J connectivity index is 2.72. The van der Waals surface area contributed by atoms with Crippen molar-refractivity contribution in [3.63, 3.8) is 0 Å². The van der Waals surface area contributed by atoms with Crippen molar-refractivity contribution < 1.29 is 9.53 Å². The predicted molar refractivity (Wildman–Crippen MR) is 65.3 cm³/mol. The van der Waals surface area contributed by atoms with Crippen LogP contribution in [0.5, 0.6) is 5.75 Å². The molecule has 0 aliphatic heterocycles. The van der Waals surface area contributed by atoms with Gasteiger partial charge in [-0.25, -0.2) is 0 Å². The van der Waals surface area contributed by atoms with Crippen LogP contribution >= 0.6 is 0 Å². The van der Waals surface area contributed by atoms with E-state index in [9.17, 15) is 4.79 Å². The lowest BCUT2D eigenvalue weighted by molar-refractivity contribution is -0.116. The highest BCUT2D eigenvalue weighted by molar-refractivity contribution is 5.92. The van der Waals surface area contributed by atoms with Gasteiger partial charge in [0, 0.05) is 17.7 Å². The molecular weight excluding hydrogens is 202 g/mol. The van der Waals surface area contributed by atoms with E-state index in [1.54, 1.807) is 13.2 Å². The van der Waals surface area contributed by atoms with Crippen molar-refractivity contribution >= 4 is 12.0 Å². The molecule has 0 radical (unpaired) electrons. The van der Waals surface area contributed by atoms with Gasteiger partial charge in [-0.3, -0.25) is 4.79 Å². The van der Waals surface area contributed by atoms with Gasteiger partial charge in [-0.05, 0) is 26.0 Å². The summed E-state index contributed by atoms with van der Waals surface area (Å²) >= 11 is 0. The maximum Gasteiger partial charge on any atom is 0.244 e. The van der Waals surface area contributed by atoms with E-state index in [-0.39, 0.29) is 11.9 Å². The number of nitrogens with one attached hydrogen (secondary N) is 1. The Morgan fingerprint density at radius 2 is 2.06 bits per heavy atom. The Labute approximate surface area is 96.1 Å². The third-order valence-corrected chi connectivity index (χ3v) is 1.98. The van der Waals surface area contributed by atoms with Gasteiger partial charge >= 0.3 is 0 Å². The Kier molecular flexibility index (Phi) is 4.58. The Hall–Kier alpha value is -1.77. The number of benzene rings is 1. The largest absolute Gasteiger partial charge is 0.496 e. The average Bonchev–Trinajstić information content (AvgIpc) is 2.26. The molecule has 0 saturated carbocycles. The van der Waals surface area contributed by atoms with Crippen molar-refractivity contribution in [1.29, 1.82) is 0 Å². The maximum absolute atomic E-state index is 11.4. The fourth-order valence-corrected chi connectivity index (χ4v) is 1.30. The monoisotopic (exact) mass is 219 g/mol. The molecule has 0 fully saturated rings. The Morgan fingerprint density at radius 3 is 2.69 bits per heavy atom. The molecule has 1 N–H and O–H groups in total. The molecule has 3 heteroatoms. The molecule has 0 atom stereocenters. The Morgan fingerprint density at radius 1 is 1.38 bits per heavy atom. The first-order chi connectivity index (χ1) is 7.63. The van der Waals surface area contributed by atoms with Gasteiger partial charge in [-0.2, -0.15) is 0 Å². The fraction of sp³-hybridized carbons (Fsp3) is 0.308. The molecule has 0 aliphatic carbocycles. The summed E-state index contributed by atoms with van der Waals surface area (Å²) in [6.07, 6.45) is 3.26. The highest BCUT2D eigenvalue weighted by Gasteiger charge is 2.00. The van der Waals surface area contributed by atoms with Crippen molar-refractivity contribution in [1.82, 2.24) is 5.32 Å². The molecule has 0 unspecified atom stereocenters. The molecule has 3 nitrogen and oxygen atoms in total. The second-order valence-corrected chi connectivity index (χ2v) is 3.74. The number of carbonyl (C=O) groups is 1. The smallest absolute Gasteiger partial charge is 0.244 e. The molecule has 0 spiro atoms. The van der Waals surface area contributed by atoms with Crippen LogP contribution in [0.4, 0.5) is 0 Å². The minimum Gasteiger partial charge on any atom is -0.496 e. The molecule has 1 amide bonds. The van der Waals surface area contributed by atoms with Gasteiger partial charge in [-0.1, -0.05) is 18.2 Å². The molecular formula is C13H17NO2. The van der Waals surface area contributed by atoms with Crippen LogP contribution in [-0.4, -0.2) is 19.1 Å². The predicted octanol–water partition coefficient (Wildman–Crippen LogP) is 2.23. The van der Waals surface area contributed by atoms with Crippen LogP contribution in [-0.2, 0) is 4.79 Å². The summed E-state index contributed by atoms with van der Waals surface area (Å²) in [5, 5.41) is 2.78. The number of para-hydroxylation sites is 1. The summed E-state index contributed by atoms with van der Waals surface area (Å²) in [4.78, 5) is 11.4. The number of amides is 1. The van der Waals surface area contributed by atoms with Gasteiger partial charge in [0.1, 0.15) is 5.75 Å². The SMILES string of the molecule is COc1ccccc1C=CC(=O)NC(C)C. The van der Waals surface area contributed by atoms with Crippen LogP contribution in [0.3, 0.4) is 0 Å². The van der Waals surface area contributed by atoms with Crippen molar-refractivity contribution in [2.45, 2.75) is 19.9 Å². The number of hydrogen-bond acceptors (Lipinski definition) is 2. The summed E-state index contributed by atoms with van der Waals surface area (Å²) < 4.78 is 5.18. The molecule has 0 aromatic heterocycles. The van der Waals surface area contributed by atoms with Gasteiger partial charge in [0.15, 0.2) is 0 Å². The zero-order valence-corrected chi connectivity index (χ0v) is 9.86. The van der Waals surface area contributed by atoms with Crippen LogP contribution in [0.15, 0.2) is 30.3 Å². The highest BCUT2D eigenvalue weighted by atomic mass is 16.5. The van der Waals surface area contributed by atoms with Crippen LogP contribution in [0.2, 0.25) is 0 Å². The number of hydrogen-bond donors (Lipinski definition) is 1. The van der Waals surface area contributed by atoms with E-state index < -0.39 is 0 Å². The van der Waals surface area contributed by atoms with Crippen molar-refractivity contribution in [2.24, 2.45) is 0 Å². The van der Waals surface area contributed by atoms with Crippen LogP contribution in [0.25, 0.3) is 6.08 Å². The zero-order valence-electron chi connectivity index (χ0n) is 9.86. The summed E-state index contributed by atoms with van der Waals surface area (Å²) in [7, 11) is 1.61. The molecule has 86 valence electrons. The lowest BCUT2D eigenvalue weighted by atomic mass is 10.2. The second kappa shape index (κ2) is 5.95. The highest BCUT2D eigenvalue weighted by Crippen LogP contribution is 2.18. The summed E-state index contributed by atoms with van der Waals surface area (Å²) in [5.41, 5.74) is 0.893. The fourth-order valence-electron chi connectivity index (χ4n) is 1.30. The van der Waals surface area contributed by atoms with E-state index in [1.165, 1.54) is 6.08 Å². The maximum atomic E-state index is 11.4. The zero-order chi connectivity index (χ0) is 12.0. The average molecular weight is 219 g/mol. The van der Waals surface area contributed by atoms with Crippen LogP contribution in [0, 0.1) is 0 Å². The van der Waals surface area contributed by atoms with Crippen LogP contribution in [0.1, 0.15) is 19.4 Å². The number of methoxy groups -OCH3 is 1. The summed E-state index contributed by atoms with van der Waals surface area (Å²) in [6, 6.07) is 7.71. The second-order valence-electron chi connectivity index (χ2n) is 3.74. The topological polar surface area (TPSA) is 38.3 Å². The number of carbonyl (C=O) groups excluding carboxylic acids is 1. The van der Waals surface area contributed by atoms with Gasteiger partial charge in [0.05, 0.1) is 7.11 Å². The third-order valence-electron chi connectivity index (χ3n) is 1.98. The van der Waals surface area contributed by atoms with Gasteiger partial charge in [0.2, 0.25) is 5.91 Å². The minimum atomic E-state index is -0.0964. The lowest BCUT2D eigenvalue weighted by Gasteiger charge is -2.05. The quantitative estimate of drug-likeness (QED) is 0.789. The molecule has 0 aliphatic rings. The van der Waals surface area contributed by atoms with E-state index in [0.717, 1.165) is 11.3 Å². The molecule has 0 saturated heterocycles. The van der Waals surface area contributed by atoms with Crippen molar-refractivity contribution in [3.8, 4) is 5.75 Å². The van der Waals surface area contributed by atoms with Gasteiger partial charge < -0.3 is 10.1 Å². The van der Waals surface area contributed by atoms with E-state index in [2.05, 4.69) is 5.32 Å². The standard InChI is InChI=1S/C13H17NO2/c1-10(2)14-13(15)9-8-11-6-4-5-7-12(11)16-3/h4-10H,1-3H3,(H,14,15). The lowest BCUT2D eigenvalue weighted by Crippen LogP contribution is -2.28. The van der Waals surface area contributed by atoms with E-state index in [1.807, 2.05) is 38.1 Å². The first-order valence-corrected chi connectivity index (χ1v) is 5.25. The molecule has 0 bridgehead atoms. The molecule has 1 aromatic rings. The summed E-state index contributed by atoms with van der Waals surface area (Å²) in [6.45, 7) is 3.85. The number of ether oxygens (including phenoxy) is 1. The molecule has 1 aromatic carbocycles. The first kappa shape index (κ1) is 12.3. The van der Waals surface area contributed by atoms with Crippen molar-refractivity contribution in [3.05, 3.63) is 35.9 Å². The normalized spacial score (nSPS) is 10.8. The summed E-state index contributed by atoms with van der Waals surface area (Å²) in [5.74, 6) is 0.664.